The van der Waals surface area contributed by atoms with E-state index in [9.17, 15) is 9.59 Å². The predicted octanol–water partition coefficient (Wildman–Crippen LogP) is 4.09. The summed E-state index contributed by atoms with van der Waals surface area (Å²) in [5.41, 5.74) is 1.17. The van der Waals surface area contributed by atoms with Crippen LogP contribution >= 0.6 is 0 Å². The Bertz CT molecular complexity index is 1150. The lowest BCUT2D eigenvalue weighted by Gasteiger charge is -2.04. The second-order valence-electron chi connectivity index (χ2n) is 6.85. The minimum absolute atomic E-state index is 0.0777. The minimum atomic E-state index is -0.660. The van der Waals surface area contributed by atoms with Gasteiger partial charge in [-0.05, 0) is 61.4 Å². The van der Waals surface area contributed by atoms with E-state index in [-0.39, 0.29) is 37.6 Å². The van der Waals surface area contributed by atoms with Crippen LogP contribution in [0.15, 0.2) is 59.7 Å². The molecule has 0 saturated carbocycles. The first kappa shape index (κ1) is 27.2. The molecular formula is C28H24N2O6. The van der Waals surface area contributed by atoms with E-state index in [0.717, 1.165) is 0 Å². The fourth-order valence-corrected chi connectivity index (χ4v) is 2.69. The van der Waals surface area contributed by atoms with Gasteiger partial charge in [-0.1, -0.05) is 36.1 Å². The van der Waals surface area contributed by atoms with Crippen LogP contribution in [0.2, 0.25) is 0 Å². The number of benzene rings is 2. The van der Waals surface area contributed by atoms with E-state index in [0.29, 0.717) is 22.6 Å². The van der Waals surface area contributed by atoms with E-state index < -0.39 is 11.9 Å². The van der Waals surface area contributed by atoms with Gasteiger partial charge in [0.25, 0.3) is 0 Å². The predicted molar refractivity (Wildman–Crippen MR) is 132 cm³/mol. The summed E-state index contributed by atoms with van der Waals surface area (Å²) >= 11 is 0. The van der Waals surface area contributed by atoms with E-state index >= 15 is 0 Å². The van der Waals surface area contributed by atoms with Crippen LogP contribution in [0.3, 0.4) is 0 Å². The van der Waals surface area contributed by atoms with Crippen molar-refractivity contribution in [2.24, 2.45) is 0 Å². The van der Waals surface area contributed by atoms with Gasteiger partial charge in [-0.25, -0.2) is 9.59 Å². The molecule has 0 spiro atoms. The van der Waals surface area contributed by atoms with Gasteiger partial charge in [0, 0.05) is 0 Å². The lowest BCUT2D eigenvalue weighted by molar-refractivity contribution is -0.138. The zero-order chi connectivity index (χ0) is 26.2. The molecule has 0 aliphatic rings. The maximum absolute atomic E-state index is 11.7. The van der Waals surface area contributed by atoms with Crippen molar-refractivity contribution < 1.29 is 28.5 Å². The van der Waals surface area contributed by atoms with Crippen molar-refractivity contribution in [3.05, 3.63) is 70.8 Å². The molecule has 0 aromatic heterocycles. The Labute approximate surface area is 210 Å². The molecule has 0 unspecified atom stereocenters. The Morgan fingerprint density at radius 1 is 0.694 bits per heavy atom. The van der Waals surface area contributed by atoms with Gasteiger partial charge in [0.05, 0.1) is 13.2 Å². The summed E-state index contributed by atoms with van der Waals surface area (Å²) in [4.78, 5) is 23.4. The fourth-order valence-electron chi connectivity index (χ4n) is 2.69. The lowest BCUT2D eigenvalue weighted by atomic mass is 10.1. The van der Waals surface area contributed by atoms with Crippen LogP contribution in [0.4, 0.5) is 0 Å². The van der Waals surface area contributed by atoms with Crippen LogP contribution in [-0.2, 0) is 19.1 Å². The zero-order valence-electron chi connectivity index (χ0n) is 19.9. The van der Waals surface area contributed by atoms with Gasteiger partial charge >= 0.3 is 11.9 Å². The summed E-state index contributed by atoms with van der Waals surface area (Å²) < 4.78 is 20.8. The molecule has 0 heterocycles. The van der Waals surface area contributed by atoms with Crippen molar-refractivity contribution in [3.63, 3.8) is 0 Å². The molecule has 0 aliphatic heterocycles. The molecule has 0 fully saturated rings. The first-order chi connectivity index (χ1) is 17.5. The van der Waals surface area contributed by atoms with Crippen LogP contribution in [-0.4, -0.2) is 38.4 Å². The van der Waals surface area contributed by atoms with Gasteiger partial charge in [0.1, 0.15) is 48.0 Å². The van der Waals surface area contributed by atoms with Crippen molar-refractivity contribution >= 4 is 24.1 Å². The highest BCUT2D eigenvalue weighted by Crippen LogP contribution is 2.16. The number of esters is 2. The maximum Gasteiger partial charge on any atom is 0.348 e. The molecule has 182 valence electrons. The highest BCUT2D eigenvalue weighted by molar-refractivity contribution is 5.98. The number of hydrogen-bond acceptors (Lipinski definition) is 8. The minimum Gasteiger partial charge on any atom is -0.481 e. The highest BCUT2D eigenvalue weighted by atomic mass is 16.5. The smallest absolute Gasteiger partial charge is 0.348 e. The summed E-state index contributed by atoms with van der Waals surface area (Å²) in [6, 6.07) is 17.4. The van der Waals surface area contributed by atoms with Crippen LogP contribution in [0.5, 0.6) is 11.5 Å². The van der Waals surface area contributed by atoms with Crippen molar-refractivity contribution in [2.45, 2.75) is 13.8 Å². The maximum atomic E-state index is 11.7. The van der Waals surface area contributed by atoms with Gasteiger partial charge in [-0.2, -0.15) is 10.5 Å². The third-order valence-electron chi connectivity index (χ3n) is 4.36. The largest absolute Gasteiger partial charge is 0.481 e. The van der Waals surface area contributed by atoms with Crippen molar-refractivity contribution in [3.8, 4) is 35.5 Å². The number of nitriles is 2. The first-order valence-electron chi connectivity index (χ1n) is 11.0. The van der Waals surface area contributed by atoms with Gasteiger partial charge < -0.3 is 18.9 Å². The number of ether oxygens (including phenoxy) is 4. The molecule has 8 nitrogen and oxygen atoms in total. The van der Waals surface area contributed by atoms with Crippen molar-refractivity contribution in [1.82, 2.24) is 0 Å². The quantitative estimate of drug-likeness (QED) is 0.214. The van der Waals surface area contributed by atoms with E-state index in [1.165, 1.54) is 12.2 Å². The Morgan fingerprint density at radius 3 is 1.36 bits per heavy atom. The van der Waals surface area contributed by atoms with Gasteiger partial charge in [-0.3, -0.25) is 0 Å². The first-order valence-corrected chi connectivity index (χ1v) is 11.0. The fraction of sp³-hybridized carbons (Fsp3) is 0.214. The van der Waals surface area contributed by atoms with E-state index in [1.807, 2.05) is 12.1 Å². The molecule has 0 saturated heterocycles. The number of rotatable bonds is 10. The lowest BCUT2D eigenvalue weighted by Crippen LogP contribution is -2.05. The van der Waals surface area contributed by atoms with Crippen LogP contribution in [0.25, 0.3) is 12.2 Å². The molecule has 0 N–H and O–H groups in total. The topological polar surface area (TPSA) is 119 Å². The van der Waals surface area contributed by atoms with E-state index in [1.54, 1.807) is 62.4 Å². The van der Waals surface area contributed by atoms with Gasteiger partial charge in [0.15, 0.2) is 0 Å². The summed E-state index contributed by atoms with van der Waals surface area (Å²) in [6.07, 6.45) is 2.90. The molecule has 0 amide bonds. The monoisotopic (exact) mass is 484 g/mol. The Kier molecular flexibility index (Phi) is 11.4. The number of carbonyl (C=O) groups is 2. The molecule has 36 heavy (non-hydrogen) atoms. The van der Waals surface area contributed by atoms with Crippen molar-refractivity contribution in [1.29, 1.82) is 10.5 Å². The summed E-state index contributed by atoms with van der Waals surface area (Å²) in [6.45, 7) is 4.05. The second kappa shape index (κ2) is 15.0. The van der Waals surface area contributed by atoms with Gasteiger partial charge in [0.2, 0.25) is 0 Å². The summed E-state index contributed by atoms with van der Waals surface area (Å²) in [5, 5.41) is 18.2. The molecule has 2 rings (SSSR count). The number of carbonyl (C=O) groups excluding carboxylic acids is 2. The number of nitrogens with zero attached hydrogens (tertiary/aromatic N) is 2. The molecule has 0 radical (unpaired) electrons. The van der Waals surface area contributed by atoms with Crippen LogP contribution < -0.4 is 9.47 Å². The third-order valence-corrected chi connectivity index (χ3v) is 4.36. The van der Waals surface area contributed by atoms with E-state index in [2.05, 4.69) is 11.8 Å². The summed E-state index contributed by atoms with van der Waals surface area (Å²) in [5.74, 6) is 5.54. The van der Waals surface area contributed by atoms with Gasteiger partial charge in [-0.15, -0.1) is 0 Å². The highest BCUT2D eigenvalue weighted by Gasteiger charge is 2.10. The second-order valence-corrected chi connectivity index (χ2v) is 6.85. The average molecular weight is 485 g/mol. The summed E-state index contributed by atoms with van der Waals surface area (Å²) in [7, 11) is 0. The normalized spacial score (nSPS) is 10.7. The number of hydrogen-bond donors (Lipinski definition) is 0. The standard InChI is InChI=1S/C28H24N2O6/c1-3-33-27(31)23(19-29)17-21-7-11-25(12-8-21)35-15-5-6-16-36-26-13-9-22(10-14-26)18-24(20-30)28(32)34-4-2/h7-14,17-18H,3-4,15-16H2,1-2H3. The zero-order valence-corrected chi connectivity index (χ0v) is 19.9. The molecule has 8 heteroatoms. The molecule has 0 bridgehead atoms. The molecule has 2 aromatic carbocycles. The molecule has 2 aromatic rings. The van der Waals surface area contributed by atoms with E-state index in [4.69, 9.17) is 29.5 Å². The average Bonchev–Trinajstić information content (AvgIpc) is 2.89. The molecular weight excluding hydrogens is 460 g/mol. The molecule has 0 aliphatic carbocycles. The van der Waals surface area contributed by atoms with Crippen LogP contribution in [0.1, 0.15) is 25.0 Å². The van der Waals surface area contributed by atoms with Crippen LogP contribution in [0, 0.1) is 34.5 Å². The molecule has 0 atom stereocenters. The Morgan fingerprint density at radius 2 is 1.06 bits per heavy atom. The van der Waals surface area contributed by atoms with Crippen molar-refractivity contribution in [2.75, 3.05) is 26.4 Å². The Balaban J connectivity index is 1.82. The third kappa shape index (κ3) is 9.09. The SMILES string of the molecule is CCOC(=O)C(C#N)=Cc1ccc(OCC#CCOc2ccc(C=C(C#N)C(=O)OCC)cc2)cc1. The Hall–Kier alpha value is -5.00.